The second kappa shape index (κ2) is 5.33. The molecule has 0 aliphatic rings. The lowest BCUT2D eigenvalue weighted by molar-refractivity contribution is -0.137. The van der Waals surface area contributed by atoms with Gasteiger partial charge in [-0.1, -0.05) is 42.5 Å². The van der Waals surface area contributed by atoms with Crippen molar-refractivity contribution in [1.29, 1.82) is 0 Å². The number of nitrogens with zero attached hydrogens (tertiary/aromatic N) is 1. The molecule has 0 saturated heterocycles. The van der Waals surface area contributed by atoms with Gasteiger partial charge in [0.1, 0.15) is 5.01 Å². The third-order valence-corrected chi connectivity index (χ3v) is 3.92. The van der Waals surface area contributed by atoms with E-state index < -0.39 is 11.7 Å². The molecule has 0 aliphatic heterocycles. The fraction of sp³-hybridized carbons (Fsp3) is 0.0625. The minimum absolute atomic E-state index is 0.647. The molecule has 1 aromatic heterocycles. The lowest BCUT2D eigenvalue weighted by Gasteiger charge is -2.06. The first-order valence-corrected chi connectivity index (χ1v) is 7.10. The molecule has 0 spiro atoms. The van der Waals surface area contributed by atoms with Gasteiger partial charge in [0.05, 0.1) is 11.3 Å². The van der Waals surface area contributed by atoms with Gasteiger partial charge in [0, 0.05) is 16.5 Å². The minimum Gasteiger partial charge on any atom is -0.236 e. The van der Waals surface area contributed by atoms with Crippen molar-refractivity contribution in [3.63, 3.8) is 0 Å². The van der Waals surface area contributed by atoms with Gasteiger partial charge in [-0.05, 0) is 12.1 Å². The Morgan fingerprint density at radius 3 is 2.10 bits per heavy atom. The van der Waals surface area contributed by atoms with Crippen LogP contribution in [0.2, 0.25) is 0 Å². The van der Waals surface area contributed by atoms with Gasteiger partial charge >= 0.3 is 6.18 Å². The summed E-state index contributed by atoms with van der Waals surface area (Å²) >= 11 is 1.42. The molecule has 0 atom stereocenters. The van der Waals surface area contributed by atoms with Crippen molar-refractivity contribution in [3.8, 4) is 21.8 Å². The molecule has 0 bridgehead atoms. The van der Waals surface area contributed by atoms with Crippen LogP contribution in [0.25, 0.3) is 21.8 Å². The van der Waals surface area contributed by atoms with Gasteiger partial charge in [-0.15, -0.1) is 11.3 Å². The van der Waals surface area contributed by atoms with Crippen LogP contribution in [0.5, 0.6) is 0 Å². The number of halogens is 3. The van der Waals surface area contributed by atoms with Gasteiger partial charge in [0.15, 0.2) is 0 Å². The number of aromatic nitrogens is 1. The average Bonchev–Trinajstić information content (AvgIpc) is 2.97. The third-order valence-electron chi connectivity index (χ3n) is 3.03. The first-order valence-electron chi connectivity index (χ1n) is 6.22. The van der Waals surface area contributed by atoms with E-state index in [1.165, 1.54) is 23.5 Å². The second-order valence-corrected chi connectivity index (χ2v) is 5.34. The van der Waals surface area contributed by atoms with E-state index in [0.717, 1.165) is 23.4 Å². The number of benzene rings is 2. The Morgan fingerprint density at radius 1 is 0.810 bits per heavy atom. The van der Waals surface area contributed by atoms with Gasteiger partial charge in [-0.3, -0.25) is 0 Å². The first kappa shape index (κ1) is 13.8. The van der Waals surface area contributed by atoms with Crippen LogP contribution in [0.1, 0.15) is 5.56 Å². The van der Waals surface area contributed by atoms with E-state index in [4.69, 9.17) is 0 Å². The molecule has 3 aromatic rings. The first-order chi connectivity index (χ1) is 10.0. The molecule has 0 fully saturated rings. The summed E-state index contributed by atoms with van der Waals surface area (Å²) in [5, 5.41) is 2.62. The zero-order valence-electron chi connectivity index (χ0n) is 10.8. The molecule has 0 saturated carbocycles. The lowest BCUT2D eigenvalue weighted by Crippen LogP contribution is -2.03. The van der Waals surface area contributed by atoms with Crippen LogP contribution in [0, 0.1) is 0 Å². The van der Waals surface area contributed by atoms with E-state index in [9.17, 15) is 13.2 Å². The van der Waals surface area contributed by atoms with Crippen LogP contribution < -0.4 is 0 Å². The van der Waals surface area contributed by atoms with Gasteiger partial charge in [-0.25, -0.2) is 4.98 Å². The highest BCUT2D eigenvalue weighted by Crippen LogP contribution is 2.33. The van der Waals surface area contributed by atoms with Crippen molar-refractivity contribution in [2.45, 2.75) is 6.18 Å². The Labute approximate surface area is 123 Å². The predicted octanol–water partition coefficient (Wildman–Crippen LogP) is 5.50. The summed E-state index contributed by atoms with van der Waals surface area (Å²) in [6.45, 7) is 0. The summed E-state index contributed by atoms with van der Waals surface area (Å²) in [7, 11) is 0. The van der Waals surface area contributed by atoms with E-state index in [1.807, 2.05) is 35.7 Å². The van der Waals surface area contributed by atoms with E-state index in [2.05, 4.69) is 4.98 Å². The van der Waals surface area contributed by atoms with Crippen molar-refractivity contribution in [1.82, 2.24) is 4.98 Å². The van der Waals surface area contributed by atoms with E-state index in [0.29, 0.717) is 10.6 Å². The molecule has 0 amide bonds. The molecular weight excluding hydrogens is 295 g/mol. The molecule has 5 heteroatoms. The van der Waals surface area contributed by atoms with Crippen molar-refractivity contribution >= 4 is 11.3 Å². The Bertz CT molecular complexity index is 730. The fourth-order valence-corrected chi connectivity index (χ4v) is 2.78. The molecule has 0 N–H and O–H groups in total. The maximum Gasteiger partial charge on any atom is 0.416 e. The van der Waals surface area contributed by atoms with Gasteiger partial charge in [0.2, 0.25) is 0 Å². The molecule has 3 rings (SSSR count). The highest BCUT2D eigenvalue weighted by Gasteiger charge is 2.30. The quantitative estimate of drug-likeness (QED) is 0.609. The van der Waals surface area contributed by atoms with Crippen molar-refractivity contribution in [3.05, 3.63) is 65.5 Å². The molecular formula is C16H10F3NS. The molecule has 0 aliphatic carbocycles. The molecule has 21 heavy (non-hydrogen) atoms. The smallest absolute Gasteiger partial charge is 0.236 e. The summed E-state index contributed by atoms with van der Waals surface area (Å²) in [6.07, 6.45) is -4.31. The number of alkyl halides is 3. The lowest BCUT2D eigenvalue weighted by atomic mass is 10.1. The van der Waals surface area contributed by atoms with Crippen LogP contribution in [0.15, 0.2) is 60.0 Å². The molecule has 1 heterocycles. The van der Waals surface area contributed by atoms with Crippen LogP contribution in [0.4, 0.5) is 13.2 Å². The Hall–Kier alpha value is -2.14. The summed E-state index contributed by atoms with van der Waals surface area (Å²) in [5.74, 6) is 0. The maximum absolute atomic E-state index is 12.5. The van der Waals surface area contributed by atoms with Crippen LogP contribution in [-0.4, -0.2) is 4.98 Å². The predicted molar refractivity (Wildman–Crippen MR) is 78.0 cm³/mol. The SMILES string of the molecule is FC(F)(F)c1ccc(-c2nc(-c3ccccc3)cs2)cc1. The second-order valence-electron chi connectivity index (χ2n) is 4.48. The topological polar surface area (TPSA) is 12.9 Å². The molecule has 0 unspecified atom stereocenters. The number of thiazole rings is 1. The number of rotatable bonds is 2. The zero-order chi connectivity index (χ0) is 14.9. The summed E-state index contributed by atoms with van der Waals surface area (Å²) < 4.78 is 37.6. The van der Waals surface area contributed by atoms with Crippen molar-refractivity contribution in [2.24, 2.45) is 0 Å². The molecule has 1 nitrogen and oxygen atoms in total. The number of hydrogen-bond donors (Lipinski definition) is 0. The average molecular weight is 305 g/mol. The van der Waals surface area contributed by atoms with Crippen LogP contribution >= 0.6 is 11.3 Å². The van der Waals surface area contributed by atoms with Crippen LogP contribution in [0.3, 0.4) is 0 Å². The van der Waals surface area contributed by atoms with E-state index >= 15 is 0 Å². The monoisotopic (exact) mass is 305 g/mol. The standard InChI is InChI=1S/C16H10F3NS/c17-16(18,19)13-8-6-12(7-9-13)15-20-14(10-21-15)11-4-2-1-3-5-11/h1-10H. The summed E-state index contributed by atoms with van der Waals surface area (Å²) in [6, 6.07) is 14.7. The van der Waals surface area contributed by atoms with Gasteiger partial charge < -0.3 is 0 Å². The summed E-state index contributed by atoms with van der Waals surface area (Å²) in [5.41, 5.74) is 1.86. The Balaban J connectivity index is 1.90. The normalized spacial score (nSPS) is 11.6. The largest absolute Gasteiger partial charge is 0.416 e. The van der Waals surface area contributed by atoms with E-state index in [-0.39, 0.29) is 0 Å². The van der Waals surface area contributed by atoms with Crippen LogP contribution in [-0.2, 0) is 6.18 Å². The Kier molecular flexibility index (Phi) is 3.51. The third kappa shape index (κ3) is 2.97. The zero-order valence-corrected chi connectivity index (χ0v) is 11.6. The highest BCUT2D eigenvalue weighted by atomic mass is 32.1. The highest BCUT2D eigenvalue weighted by molar-refractivity contribution is 7.13. The fourth-order valence-electron chi connectivity index (χ4n) is 1.95. The van der Waals surface area contributed by atoms with Gasteiger partial charge in [0.25, 0.3) is 0 Å². The molecule has 0 radical (unpaired) electrons. The number of hydrogen-bond acceptors (Lipinski definition) is 2. The van der Waals surface area contributed by atoms with Gasteiger partial charge in [-0.2, -0.15) is 13.2 Å². The molecule has 106 valence electrons. The summed E-state index contributed by atoms with van der Waals surface area (Å²) in [4.78, 5) is 4.48. The van der Waals surface area contributed by atoms with Crippen molar-refractivity contribution in [2.75, 3.05) is 0 Å². The minimum atomic E-state index is -4.31. The maximum atomic E-state index is 12.5. The van der Waals surface area contributed by atoms with E-state index in [1.54, 1.807) is 0 Å². The van der Waals surface area contributed by atoms with Crippen molar-refractivity contribution < 1.29 is 13.2 Å². The molecule has 2 aromatic carbocycles. The Morgan fingerprint density at radius 2 is 1.48 bits per heavy atom.